The van der Waals surface area contributed by atoms with Crippen molar-refractivity contribution in [2.24, 2.45) is 5.92 Å². The summed E-state index contributed by atoms with van der Waals surface area (Å²) in [6, 6.07) is 0.909. The van der Waals surface area contributed by atoms with Crippen LogP contribution >= 0.6 is 0 Å². The third-order valence-corrected chi connectivity index (χ3v) is 5.14. The molecule has 2 aliphatic rings. The molecule has 0 aromatic heterocycles. The van der Waals surface area contributed by atoms with Crippen LogP contribution in [0.1, 0.15) is 71.1 Å². The lowest BCUT2D eigenvalue weighted by Gasteiger charge is -2.38. The normalized spacial score (nSPS) is 27.3. The highest BCUT2D eigenvalue weighted by atomic mass is 15.2. The van der Waals surface area contributed by atoms with E-state index in [4.69, 9.17) is 0 Å². The molecule has 0 spiro atoms. The second kappa shape index (κ2) is 8.97. The van der Waals surface area contributed by atoms with Crippen molar-refractivity contribution in [2.75, 3.05) is 26.2 Å². The fourth-order valence-corrected chi connectivity index (χ4v) is 3.98. The van der Waals surface area contributed by atoms with Crippen molar-refractivity contribution >= 4 is 0 Å². The van der Waals surface area contributed by atoms with Crippen LogP contribution in [-0.4, -0.2) is 37.1 Å². The van der Waals surface area contributed by atoms with Gasteiger partial charge in [0, 0.05) is 6.04 Å². The van der Waals surface area contributed by atoms with E-state index in [2.05, 4.69) is 17.1 Å². The van der Waals surface area contributed by atoms with Crippen LogP contribution in [0.25, 0.3) is 0 Å². The van der Waals surface area contributed by atoms with E-state index >= 15 is 0 Å². The molecule has 2 aliphatic heterocycles. The molecule has 2 fully saturated rings. The molecule has 1 N–H and O–H groups in total. The topological polar surface area (TPSA) is 15.3 Å². The number of nitrogens with one attached hydrogen (secondary N) is 1. The number of piperidine rings is 1. The second-order valence-electron chi connectivity index (χ2n) is 6.60. The van der Waals surface area contributed by atoms with Crippen molar-refractivity contribution in [3.8, 4) is 0 Å². The van der Waals surface area contributed by atoms with Gasteiger partial charge in [0.2, 0.25) is 0 Å². The number of hydrogen-bond donors (Lipinski definition) is 1. The van der Waals surface area contributed by atoms with Crippen molar-refractivity contribution in [2.45, 2.75) is 77.2 Å². The van der Waals surface area contributed by atoms with Crippen molar-refractivity contribution in [3.63, 3.8) is 0 Å². The van der Waals surface area contributed by atoms with Gasteiger partial charge in [0.15, 0.2) is 0 Å². The average molecular weight is 266 g/mol. The smallest absolute Gasteiger partial charge is 0.0124 e. The zero-order valence-electron chi connectivity index (χ0n) is 13.0. The molecule has 0 bridgehead atoms. The number of likely N-dealkylation sites (tertiary alicyclic amines) is 1. The quantitative estimate of drug-likeness (QED) is 0.735. The fraction of sp³-hybridized carbons (Fsp3) is 1.00. The summed E-state index contributed by atoms with van der Waals surface area (Å²) in [6.07, 6.45) is 14.3. The van der Waals surface area contributed by atoms with E-state index in [0.717, 1.165) is 12.0 Å². The molecule has 19 heavy (non-hydrogen) atoms. The number of nitrogens with zero attached hydrogens (tertiary/aromatic N) is 1. The predicted molar refractivity (Wildman–Crippen MR) is 83.6 cm³/mol. The van der Waals surface area contributed by atoms with Gasteiger partial charge in [-0.2, -0.15) is 0 Å². The van der Waals surface area contributed by atoms with Crippen molar-refractivity contribution in [1.29, 1.82) is 0 Å². The van der Waals surface area contributed by atoms with E-state index in [1.54, 1.807) is 0 Å². The lowest BCUT2D eigenvalue weighted by molar-refractivity contribution is 0.120. The Morgan fingerprint density at radius 1 is 0.947 bits per heavy atom. The van der Waals surface area contributed by atoms with Crippen LogP contribution in [0.15, 0.2) is 0 Å². The molecule has 0 saturated carbocycles. The maximum atomic E-state index is 3.53. The summed E-state index contributed by atoms with van der Waals surface area (Å²) in [4.78, 5) is 2.87. The highest BCUT2D eigenvalue weighted by Gasteiger charge is 2.29. The Balaban J connectivity index is 1.83. The molecule has 2 nitrogen and oxygen atoms in total. The van der Waals surface area contributed by atoms with Crippen LogP contribution in [0.3, 0.4) is 0 Å². The van der Waals surface area contributed by atoms with Gasteiger partial charge in [-0.25, -0.2) is 0 Å². The molecule has 0 amide bonds. The summed E-state index contributed by atoms with van der Waals surface area (Å²) >= 11 is 0. The van der Waals surface area contributed by atoms with Crippen molar-refractivity contribution < 1.29 is 0 Å². The van der Waals surface area contributed by atoms with Gasteiger partial charge in [0.25, 0.3) is 0 Å². The predicted octanol–water partition coefficient (Wildman–Crippen LogP) is 3.81. The molecule has 2 heterocycles. The lowest BCUT2D eigenvalue weighted by atomic mass is 9.86. The molecular formula is C17H34N2. The molecular weight excluding hydrogens is 232 g/mol. The van der Waals surface area contributed by atoms with Gasteiger partial charge in [-0.15, -0.1) is 0 Å². The highest BCUT2D eigenvalue weighted by Crippen LogP contribution is 2.28. The highest BCUT2D eigenvalue weighted by molar-refractivity contribution is 4.84. The molecule has 0 aliphatic carbocycles. The first-order valence-corrected chi connectivity index (χ1v) is 8.86. The molecule has 0 aromatic carbocycles. The zero-order chi connectivity index (χ0) is 13.3. The summed E-state index contributed by atoms with van der Waals surface area (Å²) in [5, 5.41) is 3.53. The van der Waals surface area contributed by atoms with Gasteiger partial charge in [0.05, 0.1) is 0 Å². The summed E-state index contributed by atoms with van der Waals surface area (Å²) in [5.74, 6) is 0.977. The summed E-state index contributed by atoms with van der Waals surface area (Å²) in [6.45, 7) is 7.56. The lowest BCUT2D eigenvalue weighted by Crippen LogP contribution is -2.44. The number of unbranched alkanes of at least 4 members (excludes halogenated alkanes) is 3. The van der Waals surface area contributed by atoms with E-state index in [9.17, 15) is 0 Å². The van der Waals surface area contributed by atoms with Crippen molar-refractivity contribution in [3.05, 3.63) is 0 Å². The van der Waals surface area contributed by atoms with Crippen LogP contribution in [0.4, 0.5) is 0 Å². The SMILES string of the molecule is CCCCCCN1CCCCCC1C1CCNCC1. The minimum Gasteiger partial charge on any atom is -0.317 e. The van der Waals surface area contributed by atoms with E-state index in [1.165, 1.54) is 90.4 Å². The minimum absolute atomic E-state index is 0.909. The van der Waals surface area contributed by atoms with Gasteiger partial charge >= 0.3 is 0 Å². The molecule has 1 atom stereocenters. The van der Waals surface area contributed by atoms with Crippen LogP contribution in [0, 0.1) is 5.92 Å². The van der Waals surface area contributed by atoms with E-state index in [0.29, 0.717) is 0 Å². The van der Waals surface area contributed by atoms with Gasteiger partial charge < -0.3 is 10.2 Å². The zero-order valence-corrected chi connectivity index (χ0v) is 13.0. The van der Waals surface area contributed by atoms with E-state index < -0.39 is 0 Å². The first kappa shape index (κ1) is 15.3. The first-order chi connectivity index (χ1) is 9.42. The van der Waals surface area contributed by atoms with Crippen LogP contribution in [0.5, 0.6) is 0 Å². The Morgan fingerprint density at radius 3 is 2.58 bits per heavy atom. The fourth-order valence-electron chi connectivity index (χ4n) is 3.98. The van der Waals surface area contributed by atoms with Gasteiger partial charge in [0.1, 0.15) is 0 Å². The van der Waals surface area contributed by atoms with E-state index in [-0.39, 0.29) is 0 Å². The largest absolute Gasteiger partial charge is 0.317 e. The van der Waals surface area contributed by atoms with E-state index in [1.807, 2.05) is 0 Å². The summed E-state index contributed by atoms with van der Waals surface area (Å²) in [7, 11) is 0. The molecule has 112 valence electrons. The Labute approximate surface area is 120 Å². The average Bonchev–Trinajstić information content (AvgIpc) is 2.70. The molecule has 2 saturated heterocycles. The minimum atomic E-state index is 0.909. The maximum Gasteiger partial charge on any atom is 0.0124 e. The Kier molecular flexibility index (Phi) is 7.23. The van der Waals surface area contributed by atoms with Gasteiger partial charge in [-0.1, -0.05) is 39.0 Å². The van der Waals surface area contributed by atoms with Crippen molar-refractivity contribution in [1.82, 2.24) is 10.2 Å². The van der Waals surface area contributed by atoms with Gasteiger partial charge in [-0.05, 0) is 64.2 Å². The number of hydrogen-bond acceptors (Lipinski definition) is 2. The summed E-state index contributed by atoms with van der Waals surface area (Å²) < 4.78 is 0. The Morgan fingerprint density at radius 2 is 1.79 bits per heavy atom. The third-order valence-electron chi connectivity index (χ3n) is 5.14. The second-order valence-corrected chi connectivity index (χ2v) is 6.60. The Hall–Kier alpha value is -0.0800. The van der Waals surface area contributed by atoms with Crippen LogP contribution in [-0.2, 0) is 0 Å². The first-order valence-electron chi connectivity index (χ1n) is 8.86. The maximum absolute atomic E-state index is 3.53. The van der Waals surface area contributed by atoms with Gasteiger partial charge in [-0.3, -0.25) is 0 Å². The standard InChI is InChI=1S/C17H34N2/c1-2-3-4-7-14-19-15-8-5-6-9-17(19)16-10-12-18-13-11-16/h16-18H,2-15H2,1H3. The third kappa shape index (κ3) is 5.07. The molecule has 1 unspecified atom stereocenters. The Bertz CT molecular complexity index is 223. The molecule has 2 heteroatoms. The van der Waals surface area contributed by atoms with Crippen LogP contribution in [0.2, 0.25) is 0 Å². The monoisotopic (exact) mass is 266 g/mol. The summed E-state index contributed by atoms with van der Waals surface area (Å²) in [5.41, 5.74) is 0. The molecule has 0 aromatic rings. The molecule has 2 rings (SSSR count). The number of rotatable bonds is 6. The van der Waals surface area contributed by atoms with Crippen LogP contribution < -0.4 is 5.32 Å². The molecule has 0 radical (unpaired) electrons.